The van der Waals surface area contributed by atoms with Gasteiger partial charge in [0, 0.05) is 51.3 Å². The van der Waals surface area contributed by atoms with Crippen LogP contribution in [0.4, 0.5) is 0 Å². The zero-order valence-corrected chi connectivity index (χ0v) is 21.5. The highest BCUT2D eigenvalue weighted by Gasteiger charge is 2.42. The average molecular weight is 563 g/mol. The Balaban J connectivity index is 0.00000272. The average Bonchev–Trinajstić information content (AvgIpc) is 3.42. The van der Waals surface area contributed by atoms with Gasteiger partial charge in [0.1, 0.15) is 0 Å². The van der Waals surface area contributed by atoms with Crippen LogP contribution in [0.3, 0.4) is 0 Å². The van der Waals surface area contributed by atoms with Crippen LogP contribution in [-0.4, -0.2) is 76.1 Å². The lowest BCUT2D eigenvalue weighted by molar-refractivity contribution is 0.156. The molecule has 4 rings (SSSR count). The van der Waals surface area contributed by atoms with Crippen molar-refractivity contribution in [3.8, 4) is 0 Å². The molecular weight excluding hydrogens is 527 g/mol. The zero-order valence-electron chi connectivity index (χ0n) is 18.3. The summed E-state index contributed by atoms with van der Waals surface area (Å²) in [5.41, 5.74) is 0.313. The molecular formula is C22H35IN4O3S. The molecule has 3 saturated heterocycles. The van der Waals surface area contributed by atoms with Crippen LogP contribution in [0, 0.1) is 11.3 Å². The van der Waals surface area contributed by atoms with Gasteiger partial charge in [0.25, 0.3) is 0 Å². The van der Waals surface area contributed by atoms with E-state index in [4.69, 9.17) is 9.73 Å². The Morgan fingerprint density at radius 2 is 1.94 bits per heavy atom. The van der Waals surface area contributed by atoms with E-state index in [-0.39, 0.29) is 24.0 Å². The molecule has 1 N–H and O–H groups in total. The lowest BCUT2D eigenvalue weighted by Gasteiger charge is -2.31. The van der Waals surface area contributed by atoms with Crippen molar-refractivity contribution in [2.24, 2.45) is 16.3 Å². The molecule has 1 aromatic carbocycles. The first-order valence-electron chi connectivity index (χ1n) is 11.2. The Bertz CT molecular complexity index is 836. The minimum Gasteiger partial charge on any atom is -0.381 e. The van der Waals surface area contributed by atoms with Crippen LogP contribution >= 0.6 is 24.0 Å². The van der Waals surface area contributed by atoms with Crippen molar-refractivity contribution >= 4 is 40.0 Å². The number of nitrogens with one attached hydrogen (secondary N) is 1. The normalized spacial score (nSPS) is 25.7. The summed E-state index contributed by atoms with van der Waals surface area (Å²) in [6.07, 6.45) is 4.03. The van der Waals surface area contributed by atoms with Gasteiger partial charge < -0.3 is 15.0 Å². The lowest BCUT2D eigenvalue weighted by atomic mass is 9.87. The van der Waals surface area contributed by atoms with Crippen LogP contribution in [0.5, 0.6) is 0 Å². The van der Waals surface area contributed by atoms with E-state index in [2.05, 4.69) is 17.1 Å². The SMILES string of the molecule is CCNC(=NCC1CCN(S(=O)(=O)c2ccccc2)CC1)N1CCC2(CCOC2)C1.I. The first-order valence-corrected chi connectivity index (χ1v) is 12.6. The summed E-state index contributed by atoms with van der Waals surface area (Å²) in [4.78, 5) is 7.71. The summed E-state index contributed by atoms with van der Waals surface area (Å²) < 4.78 is 32.9. The number of piperidine rings is 1. The Labute approximate surface area is 203 Å². The Morgan fingerprint density at radius 1 is 1.19 bits per heavy atom. The monoisotopic (exact) mass is 562 g/mol. The second-order valence-electron chi connectivity index (χ2n) is 8.83. The molecule has 31 heavy (non-hydrogen) atoms. The van der Waals surface area contributed by atoms with Crippen LogP contribution in [0.2, 0.25) is 0 Å². The topological polar surface area (TPSA) is 74.2 Å². The van der Waals surface area contributed by atoms with Crippen LogP contribution in [0.1, 0.15) is 32.6 Å². The summed E-state index contributed by atoms with van der Waals surface area (Å²) in [5.74, 6) is 1.42. The Hall–Kier alpha value is -0.910. The van der Waals surface area contributed by atoms with Gasteiger partial charge in [0.2, 0.25) is 10.0 Å². The van der Waals surface area contributed by atoms with E-state index >= 15 is 0 Å². The van der Waals surface area contributed by atoms with Crippen molar-refractivity contribution < 1.29 is 13.2 Å². The summed E-state index contributed by atoms with van der Waals surface area (Å²) in [6, 6.07) is 8.74. The van der Waals surface area contributed by atoms with E-state index in [0.29, 0.717) is 29.3 Å². The molecule has 1 atom stereocenters. The van der Waals surface area contributed by atoms with Crippen molar-refractivity contribution in [2.45, 2.75) is 37.5 Å². The minimum atomic E-state index is -3.39. The van der Waals surface area contributed by atoms with E-state index in [0.717, 1.165) is 64.6 Å². The highest BCUT2D eigenvalue weighted by atomic mass is 127. The van der Waals surface area contributed by atoms with E-state index in [1.165, 1.54) is 6.42 Å². The van der Waals surface area contributed by atoms with E-state index < -0.39 is 10.0 Å². The predicted octanol–water partition coefficient (Wildman–Crippen LogP) is 2.78. The van der Waals surface area contributed by atoms with Gasteiger partial charge >= 0.3 is 0 Å². The van der Waals surface area contributed by atoms with Crippen molar-refractivity contribution in [3.63, 3.8) is 0 Å². The molecule has 0 bridgehead atoms. The highest BCUT2D eigenvalue weighted by molar-refractivity contribution is 14.0. The van der Waals surface area contributed by atoms with Gasteiger partial charge in [-0.25, -0.2) is 8.42 Å². The summed E-state index contributed by atoms with van der Waals surface area (Å²) >= 11 is 0. The zero-order chi connectivity index (χ0) is 21.0. The second kappa shape index (κ2) is 10.8. The number of sulfonamides is 1. The molecule has 0 saturated carbocycles. The largest absolute Gasteiger partial charge is 0.381 e. The third-order valence-corrected chi connectivity index (χ3v) is 8.62. The molecule has 1 unspecified atom stereocenters. The quantitative estimate of drug-likeness (QED) is 0.340. The maximum absolute atomic E-state index is 12.8. The summed E-state index contributed by atoms with van der Waals surface area (Å²) in [5, 5.41) is 3.45. The van der Waals surface area contributed by atoms with Crippen molar-refractivity contribution in [1.82, 2.24) is 14.5 Å². The maximum Gasteiger partial charge on any atom is 0.243 e. The van der Waals surface area contributed by atoms with Gasteiger partial charge in [-0.2, -0.15) is 4.31 Å². The predicted molar refractivity (Wildman–Crippen MR) is 133 cm³/mol. The standard InChI is InChI=1S/C22H34N4O3S.HI/c1-2-23-21(25-14-10-22(17-25)11-15-29-18-22)24-16-19-8-12-26(13-9-19)30(27,28)20-6-4-3-5-7-20;/h3-7,19H,2,8-18H2,1H3,(H,23,24);1H. The van der Waals surface area contributed by atoms with Crippen LogP contribution in [0.15, 0.2) is 40.2 Å². The molecule has 3 fully saturated rings. The smallest absolute Gasteiger partial charge is 0.243 e. The van der Waals surface area contributed by atoms with Gasteiger partial charge in [0.15, 0.2) is 5.96 Å². The lowest BCUT2D eigenvalue weighted by Crippen LogP contribution is -2.42. The first kappa shape index (κ1) is 24.7. The number of benzene rings is 1. The molecule has 0 aromatic heterocycles. The van der Waals surface area contributed by atoms with Crippen LogP contribution in [0.25, 0.3) is 0 Å². The van der Waals surface area contributed by atoms with Gasteiger partial charge in [0.05, 0.1) is 11.5 Å². The molecule has 0 amide bonds. The van der Waals surface area contributed by atoms with Crippen molar-refractivity contribution in [2.75, 3.05) is 52.5 Å². The van der Waals surface area contributed by atoms with Gasteiger partial charge in [-0.05, 0) is 50.7 Å². The fraction of sp³-hybridized carbons (Fsp3) is 0.682. The molecule has 1 aromatic rings. The molecule has 3 aliphatic rings. The number of hydrogen-bond donors (Lipinski definition) is 1. The third-order valence-electron chi connectivity index (χ3n) is 6.71. The van der Waals surface area contributed by atoms with Gasteiger partial charge in [-0.15, -0.1) is 24.0 Å². The van der Waals surface area contributed by atoms with Gasteiger partial charge in [-0.1, -0.05) is 18.2 Å². The summed E-state index contributed by atoms with van der Waals surface area (Å²) in [7, 11) is -3.39. The molecule has 3 heterocycles. The molecule has 0 radical (unpaired) electrons. The molecule has 0 aliphatic carbocycles. The van der Waals surface area contributed by atoms with Crippen LogP contribution < -0.4 is 5.32 Å². The first-order chi connectivity index (χ1) is 14.5. The Kier molecular flexibility index (Phi) is 8.62. The van der Waals surface area contributed by atoms with Crippen molar-refractivity contribution in [1.29, 1.82) is 0 Å². The number of nitrogens with zero attached hydrogens (tertiary/aromatic N) is 3. The Morgan fingerprint density at radius 3 is 2.58 bits per heavy atom. The molecule has 7 nitrogen and oxygen atoms in total. The molecule has 174 valence electrons. The number of guanidine groups is 1. The second-order valence-corrected chi connectivity index (χ2v) is 10.8. The highest BCUT2D eigenvalue weighted by Crippen LogP contribution is 2.38. The fourth-order valence-corrected chi connectivity index (χ4v) is 6.29. The van der Waals surface area contributed by atoms with Crippen LogP contribution in [-0.2, 0) is 14.8 Å². The molecule has 1 spiro atoms. The number of halogens is 1. The van der Waals surface area contributed by atoms with E-state index in [9.17, 15) is 8.42 Å². The number of rotatable bonds is 5. The third kappa shape index (κ3) is 5.72. The van der Waals surface area contributed by atoms with Crippen molar-refractivity contribution in [3.05, 3.63) is 30.3 Å². The fourth-order valence-electron chi connectivity index (χ4n) is 4.80. The van der Waals surface area contributed by atoms with E-state index in [1.54, 1.807) is 28.6 Å². The van der Waals surface area contributed by atoms with E-state index in [1.807, 2.05) is 6.07 Å². The number of likely N-dealkylation sites (tertiary alicyclic amines) is 1. The number of hydrogen-bond acceptors (Lipinski definition) is 4. The molecule has 3 aliphatic heterocycles. The molecule has 9 heteroatoms. The minimum absolute atomic E-state index is 0. The maximum atomic E-state index is 12.8. The number of aliphatic imine (C=N–C) groups is 1. The summed E-state index contributed by atoms with van der Waals surface area (Å²) in [6.45, 7) is 8.65. The number of ether oxygens (including phenoxy) is 1. The van der Waals surface area contributed by atoms with Gasteiger partial charge in [-0.3, -0.25) is 4.99 Å².